The number of nitriles is 1. The van der Waals surface area contributed by atoms with Gasteiger partial charge < -0.3 is 4.21 Å². The summed E-state index contributed by atoms with van der Waals surface area (Å²) in [6, 6.07) is 1.50. The molecule has 14 heavy (non-hydrogen) atoms. The first-order valence-corrected chi connectivity index (χ1v) is 10.0. The quantitative estimate of drug-likeness (QED) is 0.415. The predicted molar refractivity (Wildman–Crippen MR) is 58.1 cm³/mol. The minimum atomic E-state index is -2.69. The van der Waals surface area contributed by atoms with Crippen molar-refractivity contribution < 1.29 is 13.6 Å². The summed E-state index contributed by atoms with van der Waals surface area (Å²) < 4.78 is 17.3. The van der Waals surface area contributed by atoms with Crippen molar-refractivity contribution in [1.82, 2.24) is 0 Å². The normalized spacial score (nSPS) is 15.6. The molecule has 0 saturated carbocycles. The molecule has 0 bridgehead atoms. The lowest BCUT2D eigenvalue weighted by Gasteiger charge is -2.23. The number of hydrogen-bond acceptors (Lipinski definition) is 4. The average molecular weight is 233 g/mol. The Bertz CT molecular complexity index is 303. The molecule has 1 unspecified atom stereocenters. The molecular formula is C8H16NO3PSi. The molecule has 0 radical (unpaired) electrons. The van der Waals surface area contributed by atoms with E-state index in [1.54, 1.807) is 0 Å². The van der Waals surface area contributed by atoms with Crippen molar-refractivity contribution in [1.29, 1.82) is 5.26 Å². The van der Waals surface area contributed by atoms with Gasteiger partial charge in [0.2, 0.25) is 5.78 Å². The van der Waals surface area contributed by atoms with Gasteiger partial charge in [0.25, 0.3) is 0 Å². The van der Waals surface area contributed by atoms with Crippen molar-refractivity contribution in [2.75, 3.05) is 12.8 Å². The lowest BCUT2D eigenvalue weighted by molar-refractivity contribution is -0.113. The van der Waals surface area contributed by atoms with Crippen LogP contribution in [-0.4, -0.2) is 26.9 Å². The molecule has 0 aliphatic heterocycles. The first-order valence-electron chi connectivity index (χ1n) is 4.36. The van der Waals surface area contributed by atoms with Gasteiger partial charge in [0, 0.05) is 19.2 Å². The maximum absolute atomic E-state index is 11.8. The summed E-state index contributed by atoms with van der Waals surface area (Å²) in [5.41, 5.74) is 0. The highest BCUT2D eigenvalue weighted by molar-refractivity contribution is 7.59. The second kappa shape index (κ2) is 4.88. The summed E-state index contributed by atoms with van der Waals surface area (Å²) in [5.74, 6) is -0.536. The summed E-state index contributed by atoms with van der Waals surface area (Å²) in [6.45, 7) is 7.34. The van der Waals surface area contributed by atoms with Crippen molar-refractivity contribution in [3.05, 3.63) is 0 Å². The van der Waals surface area contributed by atoms with E-state index in [1.165, 1.54) is 12.7 Å². The summed E-state index contributed by atoms with van der Waals surface area (Å²) in [5, 5.41) is 8.24. The van der Waals surface area contributed by atoms with Crippen LogP contribution in [0.4, 0.5) is 0 Å². The third-order valence-corrected chi connectivity index (χ3v) is 6.11. The molecule has 4 nitrogen and oxygen atoms in total. The lowest BCUT2D eigenvalue weighted by Crippen LogP contribution is -2.24. The Balaban J connectivity index is 4.18. The van der Waals surface area contributed by atoms with Crippen LogP contribution in [0.1, 0.15) is 6.42 Å². The van der Waals surface area contributed by atoms with Gasteiger partial charge in [-0.25, -0.2) is 0 Å². The third-order valence-electron chi connectivity index (χ3n) is 1.34. The van der Waals surface area contributed by atoms with Crippen LogP contribution >= 0.6 is 7.37 Å². The number of nitrogens with zero attached hydrogens (tertiary/aromatic N) is 1. The molecule has 80 valence electrons. The van der Waals surface area contributed by atoms with E-state index in [2.05, 4.69) is 0 Å². The Kier molecular flexibility index (Phi) is 4.73. The van der Waals surface area contributed by atoms with Gasteiger partial charge in [-0.2, -0.15) is 5.26 Å². The first kappa shape index (κ1) is 13.6. The Hall–Kier alpha value is -0.433. The molecular weight excluding hydrogens is 217 g/mol. The lowest BCUT2D eigenvalue weighted by atomic mass is 10.3. The van der Waals surface area contributed by atoms with Crippen LogP contribution in [0.2, 0.25) is 19.6 Å². The standard InChI is InChI=1S/C8H16NO3PSi/c1-13(11,12-14(2,3)4)6-5-8(10)7-9/h5-6H2,1-4H3. The van der Waals surface area contributed by atoms with E-state index in [0.717, 1.165) is 0 Å². The van der Waals surface area contributed by atoms with Crippen molar-refractivity contribution in [3.8, 4) is 6.07 Å². The fourth-order valence-electron chi connectivity index (χ4n) is 0.985. The first-order chi connectivity index (χ1) is 6.16. The van der Waals surface area contributed by atoms with Crippen molar-refractivity contribution in [2.45, 2.75) is 26.1 Å². The molecule has 0 aromatic heterocycles. The molecule has 0 amide bonds. The Morgan fingerprint density at radius 2 is 2.00 bits per heavy atom. The maximum Gasteiger partial charge on any atom is 0.232 e. The highest BCUT2D eigenvalue weighted by atomic mass is 31.2. The molecule has 0 heterocycles. The van der Waals surface area contributed by atoms with Crippen LogP contribution in [-0.2, 0) is 13.6 Å². The molecule has 0 aromatic carbocycles. The van der Waals surface area contributed by atoms with Crippen LogP contribution in [0.15, 0.2) is 0 Å². The number of Topliss-reactive ketones (excluding diaryl/α,β-unsaturated/α-hetero) is 1. The zero-order chi connectivity index (χ0) is 11.4. The van der Waals surface area contributed by atoms with Crippen LogP contribution in [0, 0.1) is 11.3 Å². The van der Waals surface area contributed by atoms with Gasteiger partial charge in [-0.05, 0) is 19.6 Å². The minimum Gasteiger partial charge on any atom is -0.370 e. The molecule has 0 saturated heterocycles. The number of carbonyl (C=O) groups excluding carboxylic acids is 1. The van der Waals surface area contributed by atoms with Gasteiger partial charge in [0.15, 0.2) is 15.7 Å². The van der Waals surface area contributed by atoms with Crippen molar-refractivity contribution in [3.63, 3.8) is 0 Å². The largest absolute Gasteiger partial charge is 0.370 e. The van der Waals surface area contributed by atoms with E-state index >= 15 is 0 Å². The van der Waals surface area contributed by atoms with Gasteiger partial charge >= 0.3 is 0 Å². The molecule has 6 heteroatoms. The SMILES string of the molecule is C[Si](C)(C)OP(C)(=O)CCC(=O)C#N. The fourth-order valence-corrected chi connectivity index (χ4v) is 6.59. The summed E-state index contributed by atoms with van der Waals surface area (Å²) in [7, 11) is -4.52. The van der Waals surface area contributed by atoms with Crippen LogP contribution in [0.5, 0.6) is 0 Å². The number of rotatable bonds is 5. The van der Waals surface area contributed by atoms with Gasteiger partial charge in [-0.15, -0.1) is 0 Å². The van der Waals surface area contributed by atoms with Crippen LogP contribution in [0.25, 0.3) is 0 Å². The zero-order valence-electron chi connectivity index (χ0n) is 9.03. The van der Waals surface area contributed by atoms with Gasteiger partial charge in [-0.1, -0.05) is 0 Å². The molecule has 0 aromatic rings. The van der Waals surface area contributed by atoms with E-state index in [9.17, 15) is 9.36 Å². The highest BCUT2D eigenvalue weighted by Gasteiger charge is 2.26. The fraction of sp³-hybridized carbons (Fsp3) is 0.750. The summed E-state index contributed by atoms with van der Waals surface area (Å²) in [6.07, 6.45) is 0.193. The van der Waals surface area contributed by atoms with E-state index in [-0.39, 0.29) is 12.6 Å². The van der Waals surface area contributed by atoms with Crippen LogP contribution in [0.3, 0.4) is 0 Å². The van der Waals surface area contributed by atoms with E-state index in [4.69, 9.17) is 9.47 Å². The minimum absolute atomic E-state index is 0.0226. The Morgan fingerprint density at radius 1 is 1.50 bits per heavy atom. The molecule has 0 fully saturated rings. The van der Waals surface area contributed by atoms with Gasteiger partial charge in [0.1, 0.15) is 6.07 Å². The molecule has 0 aliphatic carbocycles. The van der Waals surface area contributed by atoms with E-state index < -0.39 is 21.5 Å². The number of ketones is 1. The smallest absolute Gasteiger partial charge is 0.232 e. The van der Waals surface area contributed by atoms with Crippen molar-refractivity contribution in [2.24, 2.45) is 0 Å². The van der Waals surface area contributed by atoms with Gasteiger partial charge in [-0.3, -0.25) is 9.36 Å². The molecule has 0 spiro atoms. The Labute approximate surface area is 85.8 Å². The van der Waals surface area contributed by atoms with Crippen molar-refractivity contribution >= 4 is 21.5 Å². The second-order valence-corrected chi connectivity index (χ2v) is 11.7. The summed E-state index contributed by atoms with van der Waals surface area (Å²) >= 11 is 0. The number of carbonyl (C=O) groups is 1. The Morgan fingerprint density at radius 3 is 2.36 bits per heavy atom. The molecule has 0 N–H and O–H groups in total. The topological polar surface area (TPSA) is 67.2 Å². The molecule has 1 atom stereocenters. The van der Waals surface area contributed by atoms with Gasteiger partial charge in [0.05, 0.1) is 0 Å². The second-order valence-electron chi connectivity index (χ2n) is 4.23. The van der Waals surface area contributed by atoms with Crippen LogP contribution < -0.4 is 0 Å². The maximum atomic E-state index is 11.8. The van der Waals surface area contributed by atoms with E-state index in [0.29, 0.717) is 0 Å². The zero-order valence-corrected chi connectivity index (χ0v) is 10.9. The monoisotopic (exact) mass is 233 g/mol. The highest BCUT2D eigenvalue weighted by Crippen LogP contribution is 2.45. The third kappa shape index (κ3) is 7.02. The van der Waals surface area contributed by atoms with E-state index in [1.807, 2.05) is 19.6 Å². The molecule has 0 aliphatic rings. The summed E-state index contributed by atoms with van der Waals surface area (Å²) in [4.78, 5) is 10.7. The average Bonchev–Trinajstić information content (AvgIpc) is 1.96. The predicted octanol–water partition coefficient (Wildman–Crippen LogP) is 2.23. The molecule has 0 rings (SSSR count). The number of hydrogen-bond donors (Lipinski definition) is 0.